The molecular formula is C18H18BrNO. The monoisotopic (exact) mass is 343 g/mol. The number of hydrogen-bond donors (Lipinski definition) is 1. The number of fused-ring (bicyclic) bond motifs is 1. The van der Waals surface area contributed by atoms with Crippen molar-refractivity contribution in [3.63, 3.8) is 0 Å². The first kappa shape index (κ1) is 14.4. The van der Waals surface area contributed by atoms with Crippen molar-refractivity contribution in [2.75, 3.05) is 7.05 Å². The van der Waals surface area contributed by atoms with Crippen LogP contribution in [-0.4, -0.2) is 7.05 Å². The zero-order chi connectivity index (χ0) is 14.8. The fourth-order valence-corrected chi connectivity index (χ4v) is 3.28. The van der Waals surface area contributed by atoms with Gasteiger partial charge in [0.1, 0.15) is 11.3 Å². The summed E-state index contributed by atoms with van der Waals surface area (Å²) in [6, 6.07) is 16.8. The van der Waals surface area contributed by atoms with Gasteiger partial charge in [0, 0.05) is 21.8 Å². The molecule has 3 rings (SSSR count). The Labute approximate surface area is 133 Å². The number of benzene rings is 2. The first-order chi connectivity index (χ1) is 10.2. The Morgan fingerprint density at radius 2 is 1.95 bits per heavy atom. The van der Waals surface area contributed by atoms with Gasteiger partial charge in [-0.15, -0.1) is 0 Å². The Bertz CT molecular complexity index is 763. The third kappa shape index (κ3) is 2.63. The standard InChI is InChI=1S/C18H18BrNO/c1-3-15-17(14-9-4-5-10-16(14)21-15)18(20-2)12-7-6-8-13(19)11-12/h4-11,18,20H,3H2,1-2H3. The third-order valence-corrected chi connectivity index (χ3v) is 4.28. The van der Waals surface area contributed by atoms with Gasteiger partial charge in [-0.1, -0.05) is 53.2 Å². The molecule has 1 heterocycles. The maximum absolute atomic E-state index is 6.03. The van der Waals surface area contributed by atoms with Crippen LogP contribution >= 0.6 is 15.9 Å². The van der Waals surface area contributed by atoms with Crippen LogP contribution in [0.2, 0.25) is 0 Å². The van der Waals surface area contributed by atoms with Crippen LogP contribution in [0.5, 0.6) is 0 Å². The van der Waals surface area contributed by atoms with Crippen molar-refractivity contribution in [2.45, 2.75) is 19.4 Å². The van der Waals surface area contributed by atoms with Crippen LogP contribution in [0.25, 0.3) is 11.0 Å². The Kier molecular flexibility index (Phi) is 4.13. The lowest BCUT2D eigenvalue weighted by Crippen LogP contribution is -2.18. The lowest BCUT2D eigenvalue weighted by Gasteiger charge is -2.17. The Hall–Kier alpha value is -1.58. The molecule has 0 saturated carbocycles. The maximum Gasteiger partial charge on any atom is 0.134 e. The molecule has 0 amide bonds. The normalized spacial score (nSPS) is 12.7. The molecule has 1 unspecified atom stereocenters. The number of para-hydroxylation sites is 1. The molecule has 0 bridgehead atoms. The van der Waals surface area contributed by atoms with E-state index < -0.39 is 0 Å². The number of nitrogens with one attached hydrogen (secondary N) is 1. The molecule has 0 aliphatic rings. The van der Waals surface area contributed by atoms with E-state index in [1.807, 2.05) is 25.2 Å². The average molecular weight is 344 g/mol. The van der Waals surface area contributed by atoms with E-state index in [2.05, 4.69) is 58.5 Å². The van der Waals surface area contributed by atoms with Gasteiger partial charge >= 0.3 is 0 Å². The summed E-state index contributed by atoms with van der Waals surface area (Å²) < 4.78 is 7.12. The van der Waals surface area contributed by atoms with E-state index in [4.69, 9.17) is 4.42 Å². The predicted molar refractivity (Wildman–Crippen MR) is 90.6 cm³/mol. The molecule has 3 heteroatoms. The number of aryl methyl sites for hydroxylation is 1. The summed E-state index contributed by atoms with van der Waals surface area (Å²) in [5, 5.41) is 4.62. The van der Waals surface area contributed by atoms with E-state index in [0.717, 1.165) is 22.2 Å². The molecule has 0 radical (unpaired) electrons. The van der Waals surface area contributed by atoms with Crippen molar-refractivity contribution in [1.82, 2.24) is 5.32 Å². The predicted octanol–water partition coefficient (Wildman–Crippen LogP) is 5.07. The van der Waals surface area contributed by atoms with Crippen LogP contribution in [-0.2, 0) is 6.42 Å². The van der Waals surface area contributed by atoms with Crippen LogP contribution in [0.1, 0.15) is 29.9 Å². The summed E-state index contributed by atoms with van der Waals surface area (Å²) in [5.74, 6) is 1.05. The Morgan fingerprint density at radius 3 is 2.67 bits per heavy atom. The van der Waals surface area contributed by atoms with E-state index >= 15 is 0 Å². The van der Waals surface area contributed by atoms with Gasteiger partial charge in [0.25, 0.3) is 0 Å². The number of halogens is 1. The minimum atomic E-state index is 0.126. The molecule has 2 aromatic carbocycles. The van der Waals surface area contributed by atoms with Gasteiger partial charge in [-0.2, -0.15) is 0 Å². The van der Waals surface area contributed by atoms with Gasteiger partial charge in [-0.3, -0.25) is 0 Å². The molecule has 21 heavy (non-hydrogen) atoms. The smallest absolute Gasteiger partial charge is 0.134 e. The molecule has 0 aliphatic carbocycles. The molecule has 108 valence electrons. The van der Waals surface area contributed by atoms with Gasteiger partial charge in [-0.05, 0) is 30.8 Å². The lowest BCUT2D eigenvalue weighted by molar-refractivity contribution is 0.539. The van der Waals surface area contributed by atoms with Gasteiger partial charge < -0.3 is 9.73 Å². The van der Waals surface area contributed by atoms with Crippen molar-refractivity contribution in [3.8, 4) is 0 Å². The first-order valence-corrected chi connectivity index (χ1v) is 7.97. The number of hydrogen-bond acceptors (Lipinski definition) is 2. The van der Waals surface area contributed by atoms with Gasteiger partial charge in [-0.25, -0.2) is 0 Å². The highest BCUT2D eigenvalue weighted by atomic mass is 79.9. The van der Waals surface area contributed by atoms with Crippen LogP contribution in [0.3, 0.4) is 0 Å². The first-order valence-electron chi connectivity index (χ1n) is 7.17. The summed E-state index contributed by atoms with van der Waals surface area (Å²) in [4.78, 5) is 0. The summed E-state index contributed by atoms with van der Waals surface area (Å²) in [6.45, 7) is 2.13. The van der Waals surface area contributed by atoms with Crippen LogP contribution in [0.4, 0.5) is 0 Å². The third-order valence-electron chi connectivity index (χ3n) is 3.79. The highest BCUT2D eigenvalue weighted by Crippen LogP contribution is 2.35. The molecule has 3 aromatic rings. The van der Waals surface area contributed by atoms with Gasteiger partial charge in [0.05, 0.1) is 6.04 Å². The summed E-state index contributed by atoms with van der Waals surface area (Å²) in [6.07, 6.45) is 0.885. The Balaban J connectivity index is 2.21. The molecule has 0 fully saturated rings. The summed E-state index contributed by atoms with van der Waals surface area (Å²) >= 11 is 3.56. The highest BCUT2D eigenvalue weighted by molar-refractivity contribution is 9.10. The fourth-order valence-electron chi connectivity index (χ4n) is 2.86. The molecular weight excluding hydrogens is 326 g/mol. The second-order valence-electron chi connectivity index (χ2n) is 5.07. The molecule has 2 nitrogen and oxygen atoms in total. The second-order valence-corrected chi connectivity index (χ2v) is 5.98. The second kappa shape index (κ2) is 6.04. The SMILES string of the molecule is CCc1oc2ccccc2c1C(NC)c1cccc(Br)c1. The van der Waals surface area contributed by atoms with E-state index in [-0.39, 0.29) is 6.04 Å². The van der Waals surface area contributed by atoms with Crippen molar-refractivity contribution < 1.29 is 4.42 Å². The van der Waals surface area contributed by atoms with Gasteiger partial charge in [0.15, 0.2) is 0 Å². The minimum absolute atomic E-state index is 0.126. The minimum Gasteiger partial charge on any atom is -0.461 e. The summed E-state index contributed by atoms with van der Waals surface area (Å²) in [5.41, 5.74) is 3.43. The largest absolute Gasteiger partial charge is 0.461 e. The van der Waals surface area contributed by atoms with Gasteiger partial charge in [0.2, 0.25) is 0 Å². The average Bonchev–Trinajstić information content (AvgIpc) is 2.87. The fraction of sp³-hybridized carbons (Fsp3) is 0.222. The molecule has 1 atom stereocenters. The molecule has 0 spiro atoms. The van der Waals surface area contributed by atoms with Crippen LogP contribution < -0.4 is 5.32 Å². The van der Waals surface area contributed by atoms with E-state index in [1.165, 1.54) is 16.5 Å². The number of rotatable bonds is 4. The van der Waals surface area contributed by atoms with Crippen LogP contribution in [0.15, 0.2) is 57.4 Å². The van der Waals surface area contributed by atoms with Crippen molar-refractivity contribution in [3.05, 3.63) is 69.9 Å². The van der Waals surface area contributed by atoms with Crippen molar-refractivity contribution in [2.24, 2.45) is 0 Å². The molecule has 1 aromatic heterocycles. The topological polar surface area (TPSA) is 25.2 Å². The molecule has 0 aliphatic heterocycles. The zero-order valence-corrected chi connectivity index (χ0v) is 13.8. The number of furan rings is 1. The van der Waals surface area contributed by atoms with Crippen molar-refractivity contribution in [1.29, 1.82) is 0 Å². The van der Waals surface area contributed by atoms with E-state index in [1.54, 1.807) is 0 Å². The highest BCUT2D eigenvalue weighted by Gasteiger charge is 2.22. The quantitative estimate of drug-likeness (QED) is 0.715. The van der Waals surface area contributed by atoms with Crippen molar-refractivity contribution >= 4 is 26.9 Å². The van der Waals surface area contributed by atoms with E-state index in [9.17, 15) is 0 Å². The van der Waals surface area contributed by atoms with Crippen LogP contribution in [0, 0.1) is 0 Å². The molecule has 1 N–H and O–H groups in total. The molecule has 0 saturated heterocycles. The maximum atomic E-state index is 6.03. The Morgan fingerprint density at radius 1 is 1.14 bits per heavy atom. The zero-order valence-electron chi connectivity index (χ0n) is 12.2. The summed E-state index contributed by atoms with van der Waals surface area (Å²) in [7, 11) is 1.99. The lowest BCUT2D eigenvalue weighted by atomic mass is 9.95. The van der Waals surface area contributed by atoms with E-state index in [0.29, 0.717) is 0 Å².